The first kappa shape index (κ1) is 16.8. The minimum atomic E-state index is -3.69. The number of pyridine rings is 1. The third kappa shape index (κ3) is 2.79. The molecule has 1 N–H and O–H groups in total. The van der Waals surface area contributed by atoms with Crippen molar-refractivity contribution < 1.29 is 18.3 Å². The van der Waals surface area contributed by atoms with Gasteiger partial charge >= 0.3 is 0 Å². The summed E-state index contributed by atoms with van der Waals surface area (Å²) in [4.78, 5) is 6.74. The summed E-state index contributed by atoms with van der Waals surface area (Å²) < 4.78 is 31.0. The first-order chi connectivity index (χ1) is 12.5. The van der Waals surface area contributed by atoms with Gasteiger partial charge in [-0.05, 0) is 30.3 Å². The standard InChI is InChI=1S/C19H18N2O4S/c1-25-15-5-3-6-16(9-15)26(23,24)17-8-13-4-2-7-18(19(13)20-10-17)21-11-14(22)12-21/h2-10,14,22H,11-12H2,1H3. The highest BCUT2D eigenvalue weighted by Crippen LogP contribution is 2.31. The van der Waals surface area contributed by atoms with Gasteiger partial charge in [0.15, 0.2) is 0 Å². The van der Waals surface area contributed by atoms with Crippen LogP contribution in [0.1, 0.15) is 0 Å². The van der Waals surface area contributed by atoms with Crippen molar-refractivity contribution in [2.45, 2.75) is 15.9 Å². The van der Waals surface area contributed by atoms with Crippen LogP contribution in [0.5, 0.6) is 5.75 Å². The number of benzene rings is 2. The highest BCUT2D eigenvalue weighted by Gasteiger charge is 2.26. The molecular formula is C19H18N2O4S. The molecule has 0 bridgehead atoms. The zero-order valence-corrected chi connectivity index (χ0v) is 15.0. The van der Waals surface area contributed by atoms with E-state index >= 15 is 0 Å². The number of para-hydroxylation sites is 1. The number of fused-ring (bicyclic) bond motifs is 1. The first-order valence-electron chi connectivity index (χ1n) is 8.20. The molecule has 7 heteroatoms. The number of β-amino-alcohol motifs (C(OH)–C–C–N with tert-alkyl or cyclic N) is 1. The van der Waals surface area contributed by atoms with Crippen LogP contribution in [-0.2, 0) is 9.84 Å². The molecule has 0 unspecified atom stereocenters. The lowest BCUT2D eigenvalue weighted by molar-refractivity contribution is 0.142. The summed E-state index contributed by atoms with van der Waals surface area (Å²) in [6.45, 7) is 1.12. The van der Waals surface area contributed by atoms with E-state index in [2.05, 4.69) is 4.98 Å². The molecule has 2 heterocycles. The van der Waals surface area contributed by atoms with Crippen molar-refractivity contribution in [2.24, 2.45) is 0 Å². The number of methoxy groups -OCH3 is 1. The molecule has 0 aliphatic carbocycles. The second kappa shape index (κ2) is 6.26. The maximum atomic E-state index is 12.9. The average molecular weight is 370 g/mol. The van der Waals surface area contributed by atoms with E-state index in [0.717, 1.165) is 16.6 Å². The summed E-state index contributed by atoms with van der Waals surface area (Å²) in [5.74, 6) is 0.485. The minimum absolute atomic E-state index is 0.138. The second-order valence-corrected chi connectivity index (χ2v) is 8.21. The molecule has 0 radical (unpaired) electrons. The average Bonchev–Trinajstić information content (AvgIpc) is 2.64. The van der Waals surface area contributed by atoms with E-state index in [0.29, 0.717) is 18.8 Å². The van der Waals surface area contributed by atoms with E-state index in [4.69, 9.17) is 4.74 Å². The first-order valence-corrected chi connectivity index (χ1v) is 9.68. The van der Waals surface area contributed by atoms with Crippen LogP contribution in [0.3, 0.4) is 0 Å². The van der Waals surface area contributed by atoms with Crippen LogP contribution in [0.25, 0.3) is 10.9 Å². The number of aliphatic hydroxyl groups is 1. The Kier molecular flexibility index (Phi) is 4.05. The summed E-state index contributed by atoms with van der Waals surface area (Å²) in [5, 5.41) is 10.3. The van der Waals surface area contributed by atoms with E-state index in [1.54, 1.807) is 24.3 Å². The molecule has 0 saturated carbocycles. The van der Waals surface area contributed by atoms with Gasteiger partial charge in [0.25, 0.3) is 0 Å². The summed E-state index contributed by atoms with van der Waals surface area (Å²) >= 11 is 0. The Morgan fingerprint density at radius 2 is 1.88 bits per heavy atom. The van der Waals surface area contributed by atoms with Gasteiger partial charge in [0, 0.05) is 24.7 Å². The summed E-state index contributed by atoms with van der Waals surface area (Å²) in [6, 6.07) is 13.7. The summed E-state index contributed by atoms with van der Waals surface area (Å²) in [6.07, 6.45) is 1.06. The molecule has 1 saturated heterocycles. The Morgan fingerprint density at radius 1 is 1.12 bits per heavy atom. The largest absolute Gasteiger partial charge is 0.497 e. The van der Waals surface area contributed by atoms with Crippen LogP contribution >= 0.6 is 0 Å². The second-order valence-electron chi connectivity index (χ2n) is 6.26. The van der Waals surface area contributed by atoms with E-state index in [9.17, 15) is 13.5 Å². The Hall–Kier alpha value is -2.64. The van der Waals surface area contributed by atoms with Gasteiger partial charge in [-0.2, -0.15) is 0 Å². The van der Waals surface area contributed by atoms with E-state index < -0.39 is 9.84 Å². The molecule has 26 heavy (non-hydrogen) atoms. The molecule has 6 nitrogen and oxygen atoms in total. The van der Waals surface area contributed by atoms with Crippen molar-refractivity contribution in [3.8, 4) is 5.75 Å². The van der Waals surface area contributed by atoms with Crippen LogP contribution in [0.2, 0.25) is 0 Å². The minimum Gasteiger partial charge on any atom is -0.497 e. The lowest BCUT2D eigenvalue weighted by atomic mass is 10.1. The Bertz CT molecular complexity index is 1080. The van der Waals surface area contributed by atoms with Crippen molar-refractivity contribution in [1.29, 1.82) is 0 Å². The Labute approximate surface area is 151 Å². The molecular weight excluding hydrogens is 352 g/mol. The van der Waals surface area contributed by atoms with Gasteiger partial charge in [-0.15, -0.1) is 0 Å². The number of hydrogen-bond donors (Lipinski definition) is 1. The Balaban J connectivity index is 1.77. The van der Waals surface area contributed by atoms with Gasteiger partial charge in [-0.3, -0.25) is 4.98 Å². The molecule has 4 rings (SSSR count). The molecule has 1 aliphatic heterocycles. The SMILES string of the molecule is COc1cccc(S(=O)(=O)c2cnc3c(N4CC(O)C4)cccc3c2)c1. The molecule has 1 aromatic heterocycles. The lowest BCUT2D eigenvalue weighted by Crippen LogP contribution is -2.50. The summed E-state index contributed by atoms with van der Waals surface area (Å²) in [7, 11) is -2.20. The van der Waals surface area contributed by atoms with Crippen LogP contribution in [0.4, 0.5) is 5.69 Å². The fourth-order valence-corrected chi connectivity index (χ4v) is 4.36. The smallest absolute Gasteiger partial charge is 0.208 e. The van der Waals surface area contributed by atoms with Gasteiger partial charge in [0.1, 0.15) is 5.75 Å². The van der Waals surface area contributed by atoms with Crippen molar-refractivity contribution in [3.63, 3.8) is 0 Å². The predicted octanol–water partition coefficient (Wildman–Crippen LogP) is 2.26. The van der Waals surface area contributed by atoms with E-state index in [1.807, 2.05) is 23.1 Å². The van der Waals surface area contributed by atoms with Crippen LogP contribution in [-0.4, -0.2) is 44.8 Å². The van der Waals surface area contributed by atoms with E-state index in [1.165, 1.54) is 19.4 Å². The number of ether oxygens (including phenoxy) is 1. The number of sulfone groups is 1. The molecule has 3 aromatic rings. The fourth-order valence-electron chi connectivity index (χ4n) is 3.08. The number of aromatic nitrogens is 1. The number of nitrogens with zero attached hydrogens (tertiary/aromatic N) is 2. The highest BCUT2D eigenvalue weighted by molar-refractivity contribution is 7.91. The molecule has 0 atom stereocenters. The fraction of sp³-hybridized carbons (Fsp3) is 0.211. The van der Waals surface area contributed by atoms with Gasteiger partial charge < -0.3 is 14.7 Å². The quantitative estimate of drug-likeness (QED) is 0.759. The number of aliphatic hydroxyl groups excluding tert-OH is 1. The maximum absolute atomic E-state index is 12.9. The lowest BCUT2D eigenvalue weighted by Gasteiger charge is -2.38. The topological polar surface area (TPSA) is 79.7 Å². The van der Waals surface area contributed by atoms with Crippen LogP contribution in [0.15, 0.2) is 64.5 Å². The number of hydrogen-bond acceptors (Lipinski definition) is 6. The maximum Gasteiger partial charge on any atom is 0.208 e. The van der Waals surface area contributed by atoms with Gasteiger partial charge in [0.2, 0.25) is 9.84 Å². The van der Waals surface area contributed by atoms with Crippen LogP contribution in [0, 0.1) is 0 Å². The summed E-state index contributed by atoms with van der Waals surface area (Å²) in [5.41, 5.74) is 1.63. The van der Waals surface area contributed by atoms with Crippen molar-refractivity contribution in [2.75, 3.05) is 25.1 Å². The third-order valence-corrected chi connectivity index (χ3v) is 6.25. The molecule has 1 fully saturated rings. The van der Waals surface area contributed by atoms with Gasteiger partial charge in [-0.1, -0.05) is 18.2 Å². The highest BCUT2D eigenvalue weighted by atomic mass is 32.2. The monoisotopic (exact) mass is 370 g/mol. The number of rotatable bonds is 4. The molecule has 1 aliphatic rings. The zero-order chi connectivity index (χ0) is 18.3. The Morgan fingerprint density at radius 3 is 2.62 bits per heavy atom. The van der Waals surface area contributed by atoms with Crippen molar-refractivity contribution in [1.82, 2.24) is 4.98 Å². The predicted molar refractivity (Wildman–Crippen MR) is 98.4 cm³/mol. The molecule has 0 amide bonds. The van der Waals surface area contributed by atoms with Crippen LogP contribution < -0.4 is 9.64 Å². The van der Waals surface area contributed by atoms with Gasteiger partial charge in [0.05, 0.1) is 34.2 Å². The van der Waals surface area contributed by atoms with Crippen molar-refractivity contribution >= 4 is 26.4 Å². The van der Waals surface area contributed by atoms with Crippen molar-refractivity contribution in [3.05, 3.63) is 54.7 Å². The van der Waals surface area contributed by atoms with E-state index in [-0.39, 0.29) is 15.9 Å². The molecule has 2 aromatic carbocycles. The third-order valence-electron chi connectivity index (χ3n) is 4.53. The van der Waals surface area contributed by atoms with Gasteiger partial charge in [-0.25, -0.2) is 8.42 Å². The zero-order valence-electron chi connectivity index (χ0n) is 14.2. The molecule has 0 spiro atoms. The normalized spacial score (nSPS) is 15.1. The number of anilines is 1. The molecule has 134 valence electrons.